The average Bonchev–Trinajstić information content (AvgIpc) is 3.87. The zero-order valence-electron chi connectivity index (χ0n) is 30.3. The van der Waals surface area contributed by atoms with Gasteiger partial charge in [0.1, 0.15) is 17.5 Å². The number of carbonyl (C=O) groups is 3. The van der Waals surface area contributed by atoms with E-state index in [0.29, 0.717) is 92.3 Å². The zero-order valence-corrected chi connectivity index (χ0v) is 30.3. The molecule has 4 N–H and O–H groups in total. The van der Waals surface area contributed by atoms with Crippen molar-refractivity contribution < 1.29 is 32.8 Å². The molecule has 290 valence electrons. The van der Waals surface area contributed by atoms with Crippen LogP contribution in [0.15, 0.2) is 48.7 Å². The van der Waals surface area contributed by atoms with Crippen molar-refractivity contribution in [1.82, 2.24) is 45.4 Å². The molecule has 0 bridgehead atoms. The van der Waals surface area contributed by atoms with Crippen molar-refractivity contribution in [2.45, 2.75) is 51.4 Å². The molecule has 5 aromatic rings. The summed E-state index contributed by atoms with van der Waals surface area (Å²) in [5.74, 6) is -0.630. The van der Waals surface area contributed by atoms with Crippen LogP contribution in [0.3, 0.4) is 0 Å². The van der Waals surface area contributed by atoms with Crippen LogP contribution in [0.2, 0.25) is 0 Å². The average molecular weight is 769 g/mol. The number of aromatic amines is 1. The smallest absolute Gasteiger partial charge is 0.263 e. The molecule has 2 aromatic carbocycles. The number of H-pyrrole nitrogens is 1. The summed E-state index contributed by atoms with van der Waals surface area (Å²) in [6.45, 7) is 4.67. The summed E-state index contributed by atoms with van der Waals surface area (Å²) in [6, 6.07) is 10.5. The van der Waals surface area contributed by atoms with E-state index in [1.54, 1.807) is 18.3 Å². The first-order valence-electron chi connectivity index (χ1n) is 18.5. The Morgan fingerprint density at radius 1 is 1.00 bits per heavy atom. The zero-order chi connectivity index (χ0) is 38.5. The molecule has 17 nitrogen and oxygen atoms in total. The van der Waals surface area contributed by atoms with Crippen LogP contribution in [-0.4, -0.2) is 96.5 Å². The number of rotatable bonds is 10. The maximum absolute atomic E-state index is 14.4. The van der Waals surface area contributed by atoms with Crippen LogP contribution < -0.4 is 21.2 Å². The number of imide groups is 1. The summed E-state index contributed by atoms with van der Waals surface area (Å²) in [5.41, 5.74) is 5.49. The number of amides is 3. The molecule has 4 aliphatic heterocycles. The number of nitrogens with one attached hydrogen (secondary N) is 4. The van der Waals surface area contributed by atoms with Gasteiger partial charge in [0.2, 0.25) is 11.9 Å². The van der Waals surface area contributed by atoms with Gasteiger partial charge >= 0.3 is 0 Å². The number of halogens is 2. The van der Waals surface area contributed by atoms with Crippen LogP contribution in [0.1, 0.15) is 63.7 Å². The van der Waals surface area contributed by atoms with Crippen molar-refractivity contribution in [3.63, 3.8) is 0 Å². The first-order chi connectivity index (χ1) is 27.2. The van der Waals surface area contributed by atoms with E-state index >= 15 is 0 Å². The highest BCUT2D eigenvalue weighted by Gasteiger charge is 2.42. The lowest BCUT2D eigenvalue weighted by Crippen LogP contribution is -2.49. The van der Waals surface area contributed by atoms with Gasteiger partial charge in [-0.2, -0.15) is 20.2 Å². The van der Waals surface area contributed by atoms with Crippen LogP contribution in [0.4, 0.5) is 32.1 Å². The van der Waals surface area contributed by atoms with Crippen LogP contribution in [0.25, 0.3) is 11.0 Å². The van der Waals surface area contributed by atoms with E-state index in [9.17, 15) is 23.2 Å². The Morgan fingerprint density at radius 2 is 1.82 bits per heavy atom. The predicted octanol–water partition coefficient (Wildman–Crippen LogP) is 3.96. The van der Waals surface area contributed by atoms with Gasteiger partial charge in [-0.15, -0.1) is 0 Å². The molecular formula is C37H38F2N12O5. The molecule has 1 atom stereocenters. The number of aromatic nitrogens is 6. The van der Waals surface area contributed by atoms with Gasteiger partial charge in [0.15, 0.2) is 17.7 Å². The second-order valence-corrected chi connectivity index (χ2v) is 14.5. The van der Waals surface area contributed by atoms with Gasteiger partial charge in [-0.25, -0.2) is 18.4 Å². The summed E-state index contributed by atoms with van der Waals surface area (Å²) in [6.07, 6.45) is 3.07. The van der Waals surface area contributed by atoms with Crippen LogP contribution >= 0.6 is 0 Å². The number of nitrogens with zero attached hydrogens (tertiary/aromatic N) is 8. The van der Waals surface area contributed by atoms with E-state index in [-0.39, 0.29) is 35.9 Å². The second kappa shape index (κ2) is 14.5. The van der Waals surface area contributed by atoms with Gasteiger partial charge in [0.25, 0.3) is 11.8 Å². The van der Waals surface area contributed by atoms with Gasteiger partial charge in [-0.3, -0.25) is 29.2 Å². The number of benzene rings is 2. The third-order valence-corrected chi connectivity index (χ3v) is 10.7. The Morgan fingerprint density at radius 3 is 2.57 bits per heavy atom. The fourth-order valence-electron chi connectivity index (χ4n) is 7.69. The summed E-state index contributed by atoms with van der Waals surface area (Å²) >= 11 is 0. The van der Waals surface area contributed by atoms with E-state index in [2.05, 4.69) is 36.4 Å². The molecule has 1 unspecified atom stereocenters. The molecule has 0 aliphatic carbocycles. The molecule has 4 aliphatic rings. The lowest BCUT2D eigenvalue weighted by atomic mass is 9.93. The first kappa shape index (κ1) is 35.6. The molecule has 0 spiro atoms. The largest absolute Gasteiger partial charge is 0.371 e. The second-order valence-electron chi connectivity index (χ2n) is 14.5. The van der Waals surface area contributed by atoms with Crippen molar-refractivity contribution in [3.05, 3.63) is 82.7 Å². The maximum atomic E-state index is 14.4. The Labute approximate surface area is 318 Å². The van der Waals surface area contributed by atoms with Gasteiger partial charge in [-0.05, 0) is 44.0 Å². The number of hydrogen-bond acceptors (Lipinski definition) is 13. The predicted molar refractivity (Wildman–Crippen MR) is 196 cm³/mol. The molecule has 56 heavy (non-hydrogen) atoms. The number of piperidine rings is 1. The molecule has 0 saturated carbocycles. The van der Waals surface area contributed by atoms with Crippen molar-refractivity contribution >= 4 is 52.0 Å². The van der Waals surface area contributed by atoms with Crippen LogP contribution in [-0.2, 0) is 21.0 Å². The minimum atomic E-state index is -0.743. The Balaban J connectivity index is 0.826. The number of hydrogen-bond donors (Lipinski definition) is 4. The fourth-order valence-corrected chi connectivity index (χ4v) is 7.69. The molecule has 3 saturated heterocycles. The number of anilines is 4. The first-order valence-corrected chi connectivity index (χ1v) is 18.5. The minimum Gasteiger partial charge on any atom is -0.371 e. The van der Waals surface area contributed by atoms with Crippen LogP contribution in [0, 0.1) is 24.5 Å². The van der Waals surface area contributed by atoms with Crippen molar-refractivity contribution in [2.75, 3.05) is 48.3 Å². The van der Waals surface area contributed by atoms with Gasteiger partial charge < -0.3 is 20.4 Å². The molecule has 3 fully saturated rings. The Bertz CT molecular complexity index is 2330. The fraction of sp³-hybridized carbons (Fsp3) is 0.378. The third-order valence-electron chi connectivity index (χ3n) is 10.7. The van der Waals surface area contributed by atoms with Gasteiger partial charge in [-0.1, -0.05) is 11.7 Å². The lowest BCUT2D eigenvalue weighted by molar-refractivity contribution is -0.259. The highest BCUT2D eigenvalue weighted by atomic mass is 19.1. The number of aryl methyl sites for hydroxylation is 1. The molecule has 7 heterocycles. The lowest BCUT2D eigenvalue weighted by Gasteiger charge is -2.42. The van der Waals surface area contributed by atoms with E-state index in [4.69, 9.17) is 19.8 Å². The standard InChI is InChI=1S/C37H38F2N12O5/c1-20-12-30(46-45-20)42-33-28-17-41-51(34(28)44-37(43-33)40-16-22-2-3-23(38)14-29(22)39)24-6-9-48(10-7-24)31(52)13-21-18-49(19-21)25-4-5-26-27(15-25)36(54)50(35(26)53)32-8-11-55-47-56-32/h2-5,12,14-15,17,21,24,32,47H,6-11,13,16,18-19H2,1H3,(H3,40,42,43,44,45,46). The van der Waals surface area contributed by atoms with Crippen LogP contribution in [0.5, 0.6) is 0 Å². The molecule has 3 aromatic heterocycles. The highest BCUT2D eigenvalue weighted by molar-refractivity contribution is 6.22. The Hall–Kier alpha value is -6.05. The summed E-state index contributed by atoms with van der Waals surface area (Å²) in [4.78, 5) is 64.3. The maximum Gasteiger partial charge on any atom is 0.263 e. The number of carbonyl (C=O) groups excluding carboxylic acids is 3. The minimum absolute atomic E-state index is 0.0313. The third kappa shape index (κ3) is 6.77. The van der Waals surface area contributed by atoms with Crippen molar-refractivity contribution in [1.29, 1.82) is 0 Å². The topological polar surface area (TPSA) is 188 Å². The molecule has 19 heteroatoms. The summed E-state index contributed by atoms with van der Waals surface area (Å²) < 4.78 is 29.8. The monoisotopic (exact) mass is 768 g/mol. The highest BCUT2D eigenvalue weighted by Crippen LogP contribution is 2.35. The number of likely N-dealkylation sites (tertiary alicyclic amines) is 1. The van der Waals surface area contributed by atoms with Crippen molar-refractivity contribution in [2.24, 2.45) is 5.92 Å². The molecule has 3 amide bonds. The van der Waals surface area contributed by atoms with E-state index in [1.807, 2.05) is 28.6 Å². The van der Waals surface area contributed by atoms with Crippen molar-refractivity contribution in [3.8, 4) is 0 Å². The Kier molecular flexibility index (Phi) is 9.26. The number of fused-ring (bicyclic) bond motifs is 2. The van der Waals surface area contributed by atoms with E-state index < -0.39 is 29.7 Å². The molecule has 0 radical (unpaired) electrons. The van der Waals surface area contributed by atoms with Gasteiger partial charge in [0, 0.05) is 80.6 Å². The SMILES string of the molecule is Cc1cc(Nc2nc(NCc3ccc(F)cc3F)nc3c2cnn3C2CCN(C(=O)CC3CN(c4ccc5c(c4)C(=O)N(C4CCONO4)C5=O)C3)CC2)n[nH]1. The molecule has 9 rings (SSSR count). The van der Waals surface area contributed by atoms with E-state index in [1.165, 1.54) is 12.1 Å². The van der Waals surface area contributed by atoms with Gasteiger partial charge in [0.05, 0.1) is 35.4 Å². The quantitative estimate of drug-likeness (QED) is 0.150. The molecular weight excluding hydrogens is 730 g/mol. The summed E-state index contributed by atoms with van der Waals surface area (Å²) in [5, 5.41) is 18.8. The normalized spacial score (nSPS) is 19.1. The summed E-state index contributed by atoms with van der Waals surface area (Å²) in [7, 11) is 0. The van der Waals surface area contributed by atoms with E-state index in [0.717, 1.165) is 22.3 Å².